The molecular weight excluding hydrogens is 666 g/mol. The molecule has 1 aliphatic heterocycles. The molecule has 1 aliphatic rings. The molecule has 6 nitrogen and oxygen atoms in total. The molecule has 1 aromatic heterocycles. The van der Waals surface area contributed by atoms with Crippen LogP contribution in [0.2, 0.25) is 0 Å². The molecule has 0 saturated carbocycles. The molecule has 9 heteroatoms. The number of thiazole rings is 1. The molecule has 2 aromatic carbocycles. The molecule has 0 aliphatic carbocycles. The van der Waals surface area contributed by atoms with Crippen molar-refractivity contribution < 1.29 is 14.3 Å². The van der Waals surface area contributed by atoms with Crippen LogP contribution in [0.25, 0.3) is 6.08 Å². The van der Waals surface area contributed by atoms with E-state index in [0.29, 0.717) is 20.6 Å². The fraction of sp³-hybridized carbons (Fsp3) is 0.208. The number of benzene rings is 2. The maximum atomic E-state index is 13.6. The third kappa shape index (κ3) is 4.67. The summed E-state index contributed by atoms with van der Waals surface area (Å²) < 4.78 is 14.8. The molecule has 0 radical (unpaired) electrons. The Labute approximate surface area is 221 Å². The average molecular weight is 686 g/mol. The van der Waals surface area contributed by atoms with Gasteiger partial charge in [0.05, 0.1) is 42.7 Å². The topological polar surface area (TPSA) is 69.9 Å². The molecule has 0 saturated heterocycles. The van der Waals surface area contributed by atoms with Crippen molar-refractivity contribution in [1.29, 1.82) is 0 Å². The van der Waals surface area contributed by atoms with Crippen molar-refractivity contribution in [2.45, 2.75) is 19.9 Å². The van der Waals surface area contributed by atoms with E-state index in [2.05, 4.69) is 50.2 Å². The van der Waals surface area contributed by atoms with Crippen molar-refractivity contribution in [3.8, 4) is 5.75 Å². The Morgan fingerprint density at radius 2 is 1.88 bits per heavy atom. The first kappa shape index (κ1) is 24.1. The molecule has 3 aromatic rings. The van der Waals surface area contributed by atoms with Crippen LogP contribution in [0.1, 0.15) is 31.0 Å². The number of aromatic nitrogens is 1. The summed E-state index contributed by atoms with van der Waals surface area (Å²) >= 11 is 5.76. The lowest BCUT2D eigenvalue weighted by Crippen LogP contribution is -2.39. The van der Waals surface area contributed by atoms with Gasteiger partial charge in [0.1, 0.15) is 5.75 Å². The van der Waals surface area contributed by atoms with Crippen molar-refractivity contribution >= 4 is 68.6 Å². The maximum absolute atomic E-state index is 13.6. The fourth-order valence-electron chi connectivity index (χ4n) is 3.75. The van der Waals surface area contributed by atoms with E-state index >= 15 is 0 Å². The van der Waals surface area contributed by atoms with Crippen molar-refractivity contribution in [3.63, 3.8) is 0 Å². The number of carbonyl (C=O) groups excluding carboxylic acids is 1. The molecule has 4 rings (SSSR count). The van der Waals surface area contributed by atoms with E-state index < -0.39 is 12.0 Å². The fourth-order valence-corrected chi connectivity index (χ4v) is 7.05. The van der Waals surface area contributed by atoms with E-state index in [0.717, 1.165) is 24.0 Å². The number of rotatable bonds is 5. The zero-order valence-corrected chi connectivity index (χ0v) is 23.2. The molecule has 0 amide bonds. The number of allylic oxidation sites excluding steroid dienone is 1. The number of methoxy groups -OCH3 is 1. The Kier molecular flexibility index (Phi) is 7.39. The first-order valence-electron chi connectivity index (χ1n) is 10.1. The summed E-state index contributed by atoms with van der Waals surface area (Å²) in [5.74, 6) is 0.356. The highest BCUT2D eigenvalue weighted by Gasteiger charge is 2.33. The highest BCUT2D eigenvalue weighted by molar-refractivity contribution is 14.1. The normalized spacial score (nSPS) is 15.8. The average Bonchev–Trinajstić information content (AvgIpc) is 3.08. The minimum atomic E-state index is -0.597. The van der Waals surface area contributed by atoms with Gasteiger partial charge in [-0.1, -0.05) is 41.7 Å². The SMILES string of the molecule is CCOC(=O)C1=C(C)N=c2s/c(=C\c3cc(I)c(OC)c(I)c3)c(=O)n2[C@H]1c1ccccc1. The largest absolute Gasteiger partial charge is 0.495 e. The smallest absolute Gasteiger partial charge is 0.338 e. The van der Waals surface area contributed by atoms with Crippen molar-refractivity contribution in [3.05, 3.63) is 91.7 Å². The summed E-state index contributed by atoms with van der Waals surface area (Å²) in [4.78, 5) is 31.6. The predicted octanol–water partition coefficient (Wildman–Crippen LogP) is 4.02. The Balaban J connectivity index is 1.94. The Bertz CT molecular complexity index is 1420. The van der Waals surface area contributed by atoms with Crippen LogP contribution in [0.15, 0.2) is 63.5 Å². The molecule has 33 heavy (non-hydrogen) atoms. The zero-order valence-electron chi connectivity index (χ0n) is 18.1. The van der Waals surface area contributed by atoms with Crippen LogP contribution in [0.3, 0.4) is 0 Å². The Hall–Kier alpha value is -1.99. The van der Waals surface area contributed by atoms with Gasteiger partial charge in [-0.3, -0.25) is 9.36 Å². The van der Waals surface area contributed by atoms with Crippen LogP contribution in [0.4, 0.5) is 0 Å². The number of carbonyl (C=O) groups is 1. The number of nitrogens with zero attached hydrogens (tertiary/aromatic N) is 2. The van der Waals surface area contributed by atoms with E-state index in [9.17, 15) is 9.59 Å². The quantitative estimate of drug-likeness (QED) is 0.301. The number of fused-ring (bicyclic) bond motifs is 1. The number of halogens is 2. The number of hydrogen-bond acceptors (Lipinski definition) is 6. The van der Waals surface area contributed by atoms with E-state index in [1.54, 1.807) is 25.5 Å². The van der Waals surface area contributed by atoms with Gasteiger partial charge in [-0.05, 0) is 88.4 Å². The van der Waals surface area contributed by atoms with Gasteiger partial charge in [0, 0.05) is 0 Å². The summed E-state index contributed by atoms with van der Waals surface area (Å²) in [6, 6.07) is 12.9. The molecule has 0 fully saturated rings. The van der Waals surface area contributed by atoms with Crippen LogP contribution < -0.4 is 19.6 Å². The number of esters is 1. The van der Waals surface area contributed by atoms with Crippen LogP contribution in [-0.4, -0.2) is 24.3 Å². The number of ether oxygens (including phenoxy) is 2. The summed E-state index contributed by atoms with van der Waals surface area (Å²) in [6.07, 6.45) is 1.86. The lowest BCUT2D eigenvalue weighted by Gasteiger charge is -2.24. The molecule has 0 unspecified atom stereocenters. The standard InChI is InChI=1S/C24H20I2N2O4S/c1-4-32-23(30)19-13(2)27-24-28(20(19)15-8-6-5-7-9-15)22(29)18(33-24)12-14-10-16(25)21(31-3)17(26)11-14/h5-12,20H,4H2,1-3H3/b18-12-/t20-/m0/s1. The van der Waals surface area contributed by atoms with Crippen molar-refractivity contribution in [1.82, 2.24) is 4.57 Å². The molecular formula is C24H20I2N2O4S. The van der Waals surface area contributed by atoms with Gasteiger partial charge in [0.25, 0.3) is 5.56 Å². The second-order valence-corrected chi connectivity index (χ2v) is 10.6. The maximum Gasteiger partial charge on any atom is 0.338 e. The minimum Gasteiger partial charge on any atom is -0.495 e. The van der Waals surface area contributed by atoms with Crippen LogP contribution in [0, 0.1) is 7.14 Å². The molecule has 0 N–H and O–H groups in total. The summed E-state index contributed by atoms with van der Waals surface area (Å²) in [7, 11) is 1.64. The molecule has 0 spiro atoms. The van der Waals surface area contributed by atoms with Gasteiger partial charge in [-0.25, -0.2) is 9.79 Å². The van der Waals surface area contributed by atoms with E-state index in [4.69, 9.17) is 9.47 Å². The van der Waals surface area contributed by atoms with Crippen molar-refractivity contribution in [2.24, 2.45) is 4.99 Å². The lowest BCUT2D eigenvalue weighted by molar-refractivity contribution is -0.139. The van der Waals surface area contributed by atoms with Gasteiger partial charge in [0.2, 0.25) is 0 Å². The van der Waals surface area contributed by atoms with Gasteiger partial charge in [0.15, 0.2) is 4.80 Å². The Morgan fingerprint density at radius 1 is 1.21 bits per heavy atom. The van der Waals surface area contributed by atoms with Gasteiger partial charge in [-0.2, -0.15) is 0 Å². The molecule has 0 bridgehead atoms. The van der Waals surface area contributed by atoms with Crippen LogP contribution in [-0.2, 0) is 9.53 Å². The molecule has 1 atom stereocenters. The first-order chi connectivity index (χ1) is 15.8. The highest BCUT2D eigenvalue weighted by Crippen LogP contribution is 2.31. The first-order valence-corrected chi connectivity index (χ1v) is 13.1. The second-order valence-electron chi connectivity index (χ2n) is 7.23. The number of hydrogen-bond donors (Lipinski definition) is 0. The highest BCUT2D eigenvalue weighted by atomic mass is 127. The summed E-state index contributed by atoms with van der Waals surface area (Å²) in [5, 5.41) is 0. The van der Waals surface area contributed by atoms with Crippen LogP contribution >= 0.6 is 56.5 Å². The molecule has 2 heterocycles. The van der Waals surface area contributed by atoms with E-state index in [1.165, 1.54) is 11.3 Å². The predicted molar refractivity (Wildman–Crippen MR) is 145 cm³/mol. The molecule has 170 valence electrons. The van der Waals surface area contributed by atoms with Gasteiger partial charge >= 0.3 is 5.97 Å². The van der Waals surface area contributed by atoms with Gasteiger partial charge in [-0.15, -0.1) is 0 Å². The zero-order chi connectivity index (χ0) is 23.7. The Morgan fingerprint density at radius 3 is 2.48 bits per heavy atom. The van der Waals surface area contributed by atoms with Gasteiger partial charge < -0.3 is 9.47 Å². The van der Waals surface area contributed by atoms with E-state index in [1.807, 2.05) is 48.5 Å². The summed E-state index contributed by atoms with van der Waals surface area (Å²) in [5.41, 5.74) is 2.48. The summed E-state index contributed by atoms with van der Waals surface area (Å²) in [6.45, 7) is 3.79. The third-order valence-corrected chi connectivity index (χ3v) is 7.74. The van der Waals surface area contributed by atoms with E-state index in [-0.39, 0.29) is 12.2 Å². The minimum absolute atomic E-state index is 0.192. The monoisotopic (exact) mass is 686 g/mol. The van der Waals surface area contributed by atoms with Crippen LogP contribution in [0.5, 0.6) is 5.75 Å². The van der Waals surface area contributed by atoms with Crippen molar-refractivity contribution in [2.75, 3.05) is 13.7 Å². The second kappa shape index (κ2) is 10.1. The third-order valence-electron chi connectivity index (χ3n) is 5.15. The lowest BCUT2D eigenvalue weighted by atomic mass is 9.96.